The van der Waals surface area contributed by atoms with Crippen LogP contribution in [0.5, 0.6) is 0 Å². The minimum Gasteiger partial charge on any atom is -0.444 e. The Morgan fingerprint density at radius 3 is 2.37 bits per heavy atom. The number of halogens is 3. The maximum absolute atomic E-state index is 12.7. The fourth-order valence-electron chi connectivity index (χ4n) is 3.92. The first kappa shape index (κ1) is 19.8. The molecule has 0 aliphatic carbocycles. The summed E-state index contributed by atoms with van der Waals surface area (Å²) in [7, 11) is 0. The van der Waals surface area contributed by atoms with E-state index in [-0.39, 0.29) is 18.2 Å². The number of hydrogen-bond donors (Lipinski definition) is 0. The number of piperidine rings is 1. The Hall–Kier alpha value is -1.98. The Kier molecular flexibility index (Phi) is 5.28. The van der Waals surface area contributed by atoms with E-state index in [0.717, 1.165) is 43.4 Å². The zero-order valence-corrected chi connectivity index (χ0v) is 16.0. The summed E-state index contributed by atoms with van der Waals surface area (Å²) in [5.41, 5.74) is 0.884. The number of benzene rings is 1. The molecule has 2 aliphatic rings. The molecule has 1 amide bonds. The van der Waals surface area contributed by atoms with E-state index in [1.54, 1.807) is 12.1 Å². The maximum atomic E-state index is 12.7. The van der Waals surface area contributed by atoms with Crippen LogP contribution in [0.4, 0.5) is 18.0 Å². The van der Waals surface area contributed by atoms with E-state index in [0.29, 0.717) is 6.42 Å². The standard InChI is InChI=1S/C21H26F3NO2/c1-20(2,3)27-19(26)25-17-5-4-6-18(25)13-15(12-17)11-14-7-9-16(10-8-14)21(22,23)24/h7-10,12,17-18H,4-6,11,13H2,1-3H3. The van der Waals surface area contributed by atoms with E-state index < -0.39 is 17.3 Å². The summed E-state index contributed by atoms with van der Waals surface area (Å²) in [6.07, 6.45) is 1.78. The van der Waals surface area contributed by atoms with Crippen molar-refractivity contribution >= 4 is 6.09 Å². The summed E-state index contributed by atoms with van der Waals surface area (Å²) in [5.74, 6) is 0. The van der Waals surface area contributed by atoms with Crippen LogP contribution >= 0.6 is 0 Å². The van der Waals surface area contributed by atoms with Gasteiger partial charge >= 0.3 is 12.3 Å². The van der Waals surface area contributed by atoms with Gasteiger partial charge in [0.25, 0.3) is 0 Å². The predicted molar refractivity (Wildman–Crippen MR) is 97.3 cm³/mol. The quantitative estimate of drug-likeness (QED) is 0.612. The summed E-state index contributed by atoms with van der Waals surface area (Å²) in [5, 5.41) is 0. The SMILES string of the molecule is CC(C)(C)OC(=O)N1C2C=C(Cc3ccc(C(F)(F)F)cc3)CC1CCC2. The van der Waals surface area contributed by atoms with E-state index >= 15 is 0 Å². The number of amides is 1. The van der Waals surface area contributed by atoms with E-state index in [9.17, 15) is 18.0 Å². The molecule has 148 valence electrons. The van der Waals surface area contributed by atoms with Gasteiger partial charge in [-0.05, 0) is 70.6 Å². The van der Waals surface area contributed by atoms with Crippen molar-refractivity contribution < 1.29 is 22.7 Å². The van der Waals surface area contributed by atoms with Crippen LogP contribution in [-0.2, 0) is 17.3 Å². The third kappa shape index (κ3) is 4.85. The Morgan fingerprint density at radius 1 is 1.15 bits per heavy atom. The molecule has 6 heteroatoms. The molecule has 3 nitrogen and oxygen atoms in total. The molecule has 0 spiro atoms. The summed E-state index contributed by atoms with van der Waals surface area (Å²) < 4.78 is 43.7. The minimum atomic E-state index is -4.31. The van der Waals surface area contributed by atoms with Crippen LogP contribution in [0.2, 0.25) is 0 Å². The van der Waals surface area contributed by atoms with Gasteiger partial charge in [0.1, 0.15) is 5.60 Å². The van der Waals surface area contributed by atoms with Gasteiger partial charge in [0.2, 0.25) is 0 Å². The minimum absolute atomic E-state index is 0.0109. The molecule has 2 aliphatic heterocycles. The first-order valence-electron chi connectivity index (χ1n) is 9.40. The number of carbonyl (C=O) groups is 1. The van der Waals surface area contributed by atoms with E-state index in [2.05, 4.69) is 6.08 Å². The van der Waals surface area contributed by atoms with Crippen LogP contribution in [0.25, 0.3) is 0 Å². The third-order valence-corrected chi connectivity index (χ3v) is 5.03. The van der Waals surface area contributed by atoms with Gasteiger partial charge in [-0.25, -0.2) is 4.79 Å². The summed E-state index contributed by atoms with van der Waals surface area (Å²) in [6.45, 7) is 5.57. The molecular formula is C21H26F3NO2. The Morgan fingerprint density at radius 2 is 1.81 bits per heavy atom. The van der Waals surface area contributed by atoms with Crippen molar-refractivity contribution in [1.29, 1.82) is 0 Å². The van der Waals surface area contributed by atoms with Gasteiger partial charge in [-0.2, -0.15) is 13.2 Å². The molecule has 2 unspecified atom stereocenters. The van der Waals surface area contributed by atoms with Gasteiger partial charge in [0.05, 0.1) is 11.6 Å². The van der Waals surface area contributed by atoms with Gasteiger partial charge in [0, 0.05) is 6.04 Å². The third-order valence-electron chi connectivity index (χ3n) is 5.03. The van der Waals surface area contributed by atoms with Crippen LogP contribution in [0.3, 0.4) is 0 Å². The van der Waals surface area contributed by atoms with Crippen molar-refractivity contribution in [2.45, 2.75) is 76.7 Å². The lowest BCUT2D eigenvalue weighted by molar-refractivity contribution is -0.137. The summed E-state index contributed by atoms with van der Waals surface area (Å²) in [4.78, 5) is 14.4. The highest BCUT2D eigenvalue weighted by atomic mass is 19.4. The highest BCUT2D eigenvalue weighted by Crippen LogP contribution is 2.36. The van der Waals surface area contributed by atoms with Crippen molar-refractivity contribution in [2.24, 2.45) is 0 Å². The molecule has 1 aromatic rings. The lowest BCUT2D eigenvalue weighted by Gasteiger charge is -2.45. The van der Waals surface area contributed by atoms with Crippen LogP contribution in [-0.4, -0.2) is 28.7 Å². The molecule has 0 radical (unpaired) electrons. The second-order valence-electron chi connectivity index (χ2n) is 8.44. The first-order valence-corrected chi connectivity index (χ1v) is 9.40. The molecule has 3 rings (SSSR count). The van der Waals surface area contributed by atoms with Crippen molar-refractivity contribution in [1.82, 2.24) is 4.90 Å². The highest BCUT2D eigenvalue weighted by molar-refractivity contribution is 5.70. The lowest BCUT2D eigenvalue weighted by Crippen LogP contribution is -2.53. The monoisotopic (exact) mass is 381 g/mol. The van der Waals surface area contributed by atoms with Gasteiger partial charge in [-0.3, -0.25) is 4.90 Å². The number of ether oxygens (including phenoxy) is 1. The molecule has 1 aromatic carbocycles. The van der Waals surface area contributed by atoms with Gasteiger partial charge < -0.3 is 4.74 Å². The van der Waals surface area contributed by atoms with Crippen molar-refractivity contribution in [2.75, 3.05) is 0 Å². The summed E-state index contributed by atoms with van der Waals surface area (Å²) >= 11 is 0. The molecule has 2 atom stereocenters. The van der Waals surface area contributed by atoms with E-state index in [1.807, 2.05) is 25.7 Å². The van der Waals surface area contributed by atoms with Crippen molar-refractivity contribution in [3.63, 3.8) is 0 Å². The number of nitrogens with zero attached hydrogens (tertiary/aromatic N) is 1. The second-order valence-corrected chi connectivity index (χ2v) is 8.44. The molecule has 0 N–H and O–H groups in total. The Labute approximate surface area is 158 Å². The second kappa shape index (κ2) is 7.21. The highest BCUT2D eigenvalue weighted by Gasteiger charge is 2.39. The normalized spacial score (nSPS) is 23.0. The van der Waals surface area contributed by atoms with Crippen molar-refractivity contribution in [3.8, 4) is 0 Å². The first-order chi connectivity index (χ1) is 12.5. The van der Waals surface area contributed by atoms with Gasteiger partial charge in [-0.1, -0.05) is 23.8 Å². The van der Waals surface area contributed by atoms with E-state index in [4.69, 9.17) is 4.74 Å². The molecule has 27 heavy (non-hydrogen) atoms. The fraction of sp³-hybridized carbons (Fsp3) is 0.571. The number of carbonyl (C=O) groups excluding carboxylic acids is 1. The number of hydrogen-bond acceptors (Lipinski definition) is 2. The number of alkyl halides is 3. The molecule has 2 bridgehead atoms. The number of rotatable bonds is 2. The predicted octanol–water partition coefficient (Wildman–Crippen LogP) is 5.74. The largest absolute Gasteiger partial charge is 0.444 e. The average molecular weight is 381 g/mol. The maximum Gasteiger partial charge on any atom is 0.416 e. The fourth-order valence-corrected chi connectivity index (χ4v) is 3.92. The zero-order chi connectivity index (χ0) is 19.8. The number of fused-ring (bicyclic) bond motifs is 2. The molecule has 0 saturated carbocycles. The van der Waals surface area contributed by atoms with E-state index in [1.165, 1.54) is 5.57 Å². The topological polar surface area (TPSA) is 29.5 Å². The molecule has 0 aromatic heterocycles. The van der Waals surface area contributed by atoms with Gasteiger partial charge in [0.15, 0.2) is 0 Å². The van der Waals surface area contributed by atoms with Crippen LogP contribution in [0, 0.1) is 0 Å². The Bertz CT molecular complexity index is 716. The van der Waals surface area contributed by atoms with Crippen molar-refractivity contribution in [3.05, 3.63) is 47.0 Å². The van der Waals surface area contributed by atoms with Crippen LogP contribution < -0.4 is 0 Å². The Balaban J connectivity index is 1.73. The molecular weight excluding hydrogens is 355 g/mol. The smallest absolute Gasteiger partial charge is 0.416 e. The van der Waals surface area contributed by atoms with Crippen LogP contribution in [0.15, 0.2) is 35.9 Å². The zero-order valence-electron chi connectivity index (χ0n) is 16.0. The molecule has 1 fully saturated rings. The van der Waals surface area contributed by atoms with Crippen LogP contribution in [0.1, 0.15) is 57.6 Å². The lowest BCUT2D eigenvalue weighted by atomic mass is 9.83. The molecule has 1 saturated heterocycles. The summed E-state index contributed by atoms with van der Waals surface area (Å²) in [6, 6.07) is 5.46. The average Bonchev–Trinajstić information content (AvgIpc) is 2.52. The van der Waals surface area contributed by atoms with Gasteiger partial charge in [-0.15, -0.1) is 0 Å². The molecule has 2 heterocycles.